The van der Waals surface area contributed by atoms with Gasteiger partial charge in [0.15, 0.2) is 53.5 Å². The number of nitrogens with one attached hydrogen (secondary N) is 1. The number of nitrogens with two attached hydrogens (primary N) is 2. The summed E-state index contributed by atoms with van der Waals surface area (Å²) in [6, 6.07) is 0. The highest BCUT2D eigenvalue weighted by Crippen LogP contribution is 2.64. The van der Waals surface area contributed by atoms with Gasteiger partial charge in [0, 0.05) is 0 Å². The van der Waals surface area contributed by atoms with Crippen LogP contribution in [0, 0.1) is 0 Å². The van der Waals surface area contributed by atoms with Gasteiger partial charge in [0.25, 0.3) is 5.56 Å². The Morgan fingerprint density at radius 3 is 2.48 bits per heavy atom. The molecule has 6 heterocycles. The summed E-state index contributed by atoms with van der Waals surface area (Å²) in [6.45, 7) is -1.39. The van der Waals surface area contributed by atoms with E-state index in [1.807, 2.05) is 0 Å². The van der Waals surface area contributed by atoms with Gasteiger partial charge >= 0.3 is 7.15 Å². The van der Waals surface area contributed by atoms with Crippen molar-refractivity contribution in [2.75, 3.05) is 24.7 Å². The van der Waals surface area contributed by atoms with Gasteiger partial charge in [-0.2, -0.15) is 18.9 Å². The molecule has 4 aromatic rings. The minimum atomic E-state index is -4.23. The molecule has 2 fully saturated rings. The molecule has 0 saturated carbocycles. The summed E-state index contributed by atoms with van der Waals surface area (Å²) < 4.78 is 54.9. The number of imidazole rings is 2. The van der Waals surface area contributed by atoms with Crippen molar-refractivity contribution >= 4 is 53.5 Å². The fourth-order valence-corrected chi connectivity index (χ4v) is 6.25. The second kappa shape index (κ2) is 10.8. The van der Waals surface area contributed by atoms with Crippen LogP contribution in [0.15, 0.2) is 23.8 Å². The van der Waals surface area contributed by atoms with Crippen molar-refractivity contribution in [3.05, 3.63) is 29.3 Å². The second-order valence-corrected chi connectivity index (χ2v) is 12.4. The van der Waals surface area contributed by atoms with E-state index in [-0.39, 0.29) is 34.1 Å². The third-order valence-corrected chi connectivity index (χ3v) is 8.42. The number of nitrogens with zero attached hydrogens (tertiary/aromatic N) is 7. The predicted octanol–water partition coefficient (Wildman–Crippen LogP) is -1.05. The van der Waals surface area contributed by atoms with Crippen LogP contribution in [0.25, 0.3) is 22.3 Å². The van der Waals surface area contributed by atoms with E-state index in [2.05, 4.69) is 42.2 Å². The van der Waals surface area contributed by atoms with E-state index in [9.17, 15) is 19.9 Å². The Bertz CT molecular complexity index is 1680. The normalized spacial score (nSPS) is 31.3. The van der Waals surface area contributed by atoms with Gasteiger partial charge in [-0.25, -0.2) is 28.7 Å². The van der Waals surface area contributed by atoms with Crippen molar-refractivity contribution in [3.8, 4) is 0 Å². The van der Waals surface area contributed by atoms with Crippen LogP contribution >= 0.6 is 19.4 Å². The molecule has 0 spiro atoms. The lowest BCUT2D eigenvalue weighted by molar-refractivity contribution is -0.0557. The van der Waals surface area contributed by atoms with Crippen LogP contribution in [0.3, 0.4) is 0 Å². The average molecular weight is 634 g/mol. The predicted molar refractivity (Wildman–Crippen MR) is 142 cm³/mol. The molecule has 9 atom stereocenters. The third kappa shape index (κ3) is 4.95. The monoisotopic (exact) mass is 633 g/mol. The number of aromatic nitrogens is 8. The summed E-state index contributed by atoms with van der Waals surface area (Å²) in [4.78, 5) is 45.2. The number of aliphatic hydroxyl groups excluding tert-OH is 2. The molecule has 4 aromatic heterocycles. The fourth-order valence-electron chi connectivity index (χ4n) is 4.79. The third-order valence-electron chi connectivity index (χ3n) is 6.79. The van der Waals surface area contributed by atoms with Crippen molar-refractivity contribution in [1.29, 1.82) is 0 Å². The number of aromatic amines is 1. The zero-order valence-corrected chi connectivity index (χ0v) is 22.9. The first kappa shape index (κ1) is 29.0. The number of fused-ring (bicyclic) bond motifs is 2. The number of halogens is 2. The standard InChI is InChI=1S/C20H23F2N10O8PS/c21-8-6(1-33)38-19(32-5-28-11-16(32)29-20(24)30-17(11)35)13(8)40-41(36,42)37-2-7-12(34)9(22)18(39-7)31-4-27-10-14(23)25-3-26-15(10)31/h3-9,12-13,18-19,33-34,36,42H,1-2H2,(H4-,23,24,25,26,29,30,35)/p+1/t6-,7-,8?,9+,12?,13?,18-,19-,41?/m1/s1. The van der Waals surface area contributed by atoms with Crippen molar-refractivity contribution in [1.82, 2.24) is 39.0 Å². The molecule has 6 rings (SSSR count). The number of H-pyrrole nitrogens is 1. The van der Waals surface area contributed by atoms with Crippen LogP contribution in [0.5, 0.6) is 0 Å². The zero-order chi connectivity index (χ0) is 29.9. The first-order valence-corrected chi connectivity index (χ1v) is 14.9. The van der Waals surface area contributed by atoms with E-state index < -0.39 is 75.1 Å². The number of aliphatic hydroxyl groups is 2. The number of thiol groups is 1. The molecule has 18 nitrogen and oxygen atoms in total. The maximum atomic E-state index is 15.3. The van der Waals surface area contributed by atoms with Crippen molar-refractivity contribution in [3.63, 3.8) is 0 Å². The Balaban J connectivity index is 1.18. The quantitative estimate of drug-likeness (QED) is 0.0902. The molecule has 2 aliphatic rings. The Labute approximate surface area is 238 Å². The molecule has 8 N–H and O–H groups in total. The molecule has 0 radical (unpaired) electrons. The topological polar surface area (TPSA) is 257 Å². The maximum absolute atomic E-state index is 15.3. The highest BCUT2D eigenvalue weighted by Gasteiger charge is 2.56. The Morgan fingerprint density at radius 1 is 1.05 bits per heavy atom. The summed E-state index contributed by atoms with van der Waals surface area (Å²) >= 11 is 4.02. The van der Waals surface area contributed by atoms with Crippen LogP contribution in [-0.4, -0.2) is 104 Å². The number of rotatable bonds is 8. The van der Waals surface area contributed by atoms with Crippen LogP contribution in [0.2, 0.25) is 0 Å². The molecule has 0 aromatic carbocycles. The van der Waals surface area contributed by atoms with Crippen LogP contribution in [-0.2, 0) is 18.5 Å². The van der Waals surface area contributed by atoms with E-state index in [1.54, 1.807) is 0 Å². The molecular weight excluding hydrogens is 609 g/mol. The maximum Gasteiger partial charge on any atom is 0.476 e. The number of anilines is 2. The van der Waals surface area contributed by atoms with E-state index in [1.165, 1.54) is 10.9 Å². The lowest BCUT2D eigenvalue weighted by Crippen LogP contribution is -2.33. The summed E-state index contributed by atoms with van der Waals surface area (Å²) in [5.74, 6) is -0.186. The van der Waals surface area contributed by atoms with Gasteiger partial charge in [0.2, 0.25) is 5.95 Å². The van der Waals surface area contributed by atoms with Gasteiger partial charge in [0.1, 0.15) is 36.8 Å². The minimum absolute atomic E-state index is 0.0632. The molecular formula is C20H24F2N10O8PS+. The Morgan fingerprint density at radius 2 is 1.74 bits per heavy atom. The number of hydrogen-bond donors (Lipinski definition) is 7. The number of nitrogen functional groups attached to an aromatic ring is 2. The highest BCUT2D eigenvalue weighted by molar-refractivity contribution is 8.47. The Kier molecular flexibility index (Phi) is 7.48. The van der Waals surface area contributed by atoms with Gasteiger partial charge < -0.3 is 31.2 Å². The van der Waals surface area contributed by atoms with E-state index in [4.69, 9.17) is 30.0 Å². The van der Waals surface area contributed by atoms with Crippen molar-refractivity contribution < 1.29 is 42.4 Å². The summed E-state index contributed by atoms with van der Waals surface area (Å²) in [6.07, 6.45) is -9.38. The summed E-state index contributed by atoms with van der Waals surface area (Å²) in [5.41, 5.74) is 10.9. The second-order valence-electron chi connectivity index (χ2n) is 9.41. The zero-order valence-electron chi connectivity index (χ0n) is 21.1. The van der Waals surface area contributed by atoms with E-state index >= 15 is 8.78 Å². The first-order chi connectivity index (χ1) is 20.0. The Hall–Kier alpha value is -3.14. The van der Waals surface area contributed by atoms with Gasteiger partial charge in [-0.1, -0.05) is 0 Å². The molecule has 2 aliphatic heterocycles. The fraction of sp³-hybridized carbons (Fsp3) is 0.500. The molecule has 4 unspecified atom stereocenters. The number of alkyl halides is 2. The molecule has 0 amide bonds. The van der Waals surface area contributed by atoms with Crippen LogP contribution < -0.4 is 17.0 Å². The first-order valence-electron chi connectivity index (χ1n) is 12.2. The smallest absolute Gasteiger partial charge is 0.394 e. The van der Waals surface area contributed by atoms with Crippen molar-refractivity contribution in [2.24, 2.45) is 0 Å². The minimum Gasteiger partial charge on any atom is -0.394 e. The summed E-state index contributed by atoms with van der Waals surface area (Å²) in [5, 5.41) is 20.1. The molecule has 226 valence electrons. The molecule has 2 saturated heterocycles. The summed E-state index contributed by atoms with van der Waals surface area (Å²) in [7, 11) is -4.23. The van der Waals surface area contributed by atoms with Crippen molar-refractivity contribution in [2.45, 2.75) is 49.2 Å². The van der Waals surface area contributed by atoms with E-state index in [0.717, 1.165) is 17.2 Å². The SMILES string of the molecule is Nc1nc2c(ncn2[C@@H]2O[C@H](CO)C(F)C2O[P+](O)(S)OC[C@H]2O[C@@H](n3cnc4c(N)ncnc43)[C@@H](F)C2O)c(=O)[nH]1. The van der Waals surface area contributed by atoms with Gasteiger partial charge in [-0.3, -0.25) is 18.9 Å². The highest BCUT2D eigenvalue weighted by atomic mass is 32.7. The van der Waals surface area contributed by atoms with Crippen LogP contribution in [0.4, 0.5) is 20.5 Å². The molecule has 0 bridgehead atoms. The average Bonchev–Trinajstić information content (AvgIpc) is 3.69. The van der Waals surface area contributed by atoms with E-state index in [0.29, 0.717) is 0 Å². The van der Waals surface area contributed by atoms with Gasteiger partial charge in [-0.15, -0.1) is 0 Å². The van der Waals surface area contributed by atoms with Gasteiger partial charge in [-0.05, 0) is 0 Å². The number of hydrogen-bond acceptors (Lipinski definition) is 16. The molecule has 0 aliphatic carbocycles. The van der Waals surface area contributed by atoms with Crippen LogP contribution in [0.1, 0.15) is 12.5 Å². The largest absolute Gasteiger partial charge is 0.476 e. The number of ether oxygens (including phenoxy) is 2. The molecule has 42 heavy (non-hydrogen) atoms. The van der Waals surface area contributed by atoms with Gasteiger partial charge in [0.05, 0.1) is 31.5 Å². The molecule has 22 heteroatoms. The lowest BCUT2D eigenvalue weighted by atomic mass is 10.1. The lowest BCUT2D eigenvalue weighted by Gasteiger charge is -2.22.